The number of amides is 1. The van der Waals surface area contributed by atoms with Gasteiger partial charge in [0.25, 0.3) is 0 Å². The van der Waals surface area contributed by atoms with Gasteiger partial charge in [-0.3, -0.25) is 19.9 Å². The topological polar surface area (TPSA) is 60.6 Å². The second kappa shape index (κ2) is 4.08. The van der Waals surface area contributed by atoms with Gasteiger partial charge in [-0.1, -0.05) is 18.2 Å². The van der Waals surface area contributed by atoms with Crippen LogP contribution in [-0.4, -0.2) is 29.4 Å². The van der Waals surface area contributed by atoms with E-state index >= 15 is 0 Å². The van der Waals surface area contributed by atoms with Gasteiger partial charge < -0.3 is 5.32 Å². The molecule has 0 aromatic heterocycles. The van der Waals surface area contributed by atoms with Crippen LogP contribution in [0.2, 0.25) is 0 Å². The van der Waals surface area contributed by atoms with Gasteiger partial charge in [0, 0.05) is 18.2 Å². The summed E-state index contributed by atoms with van der Waals surface area (Å²) >= 11 is 0. The van der Waals surface area contributed by atoms with Crippen LogP contribution in [0.5, 0.6) is 0 Å². The second-order valence-corrected chi connectivity index (χ2v) is 6.18. The number of benzene rings is 1. The Balaban J connectivity index is 1.75. The molecule has 1 aliphatic carbocycles. The van der Waals surface area contributed by atoms with Gasteiger partial charge in [0.1, 0.15) is 11.3 Å². The van der Waals surface area contributed by atoms with Gasteiger partial charge in [0.15, 0.2) is 0 Å². The molecule has 3 aliphatic rings. The first-order valence-electron chi connectivity index (χ1n) is 7.28. The Kier molecular flexibility index (Phi) is 2.41. The maximum absolute atomic E-state index is 12.6. The first-order valence-corrected chi connectivity index (χ1v) is 7.28. The van der Waals surface area contributed by atoms with Crippen LogP contribution in [0.15, 0.2) is 24.3 Å². The summed E-state index contributed by atoms with van der Waals surface area (Å²) in [5.74, 6) is 0.817. The number of carbonyl (C=O) groups is 1. The van der Waals surface area contributed by atoms with Crippen LogP contribution in [0.25, 0.3) is 4.85 Å². The number of likely N-dealkylation sites (tertiary alicyclic amines) is 1. The molecule has 106 valence electrons. The van der Waals surface area contributed by atoms with Crippen LogP contribution < -0.4 is 5.32 Å². The minimum Gasteiger partial charge on any atom is -0.325 e. The quantitative estimate of drug-likeness (QED) is 0.471. The zero-order valence-electron chi connectivity index (χ0n) is 11.6. The summed E-state index contributed by atoms with van der Waals surface area (Å²) in [6.07, 6.45) is 2.16. The molecular formula is C16H16N4O. The molecule has 1 aromatic carbocycles. The molecule has 2 aliphatic heterocycles. The van der Waals surface area contributed by atoms with Gasteiger partial charge in [0.05, 0.1) is 6.42 Å². The summed E-state index contributed by atoms with van der Waals surface area (Å²) in [5, 5.41) is 11.2. The Morgan fingerprint density at radius 3 is 2.90 bits per heavy atom. The number of para-hydroxylation sites is 1. The van der Waals surface area contributed by atoms with Crippen molar-refractivity contribution in [3.63, 3.8) is 0 Å². The lowest BCUT2D eigenvalue weighted by molar-refractivity contribution is -0.120. The Hall–Kier alpha value is -2.35. The van der Waals surface area contributed by atoms with E-state index in [2.05, 4.69) is 10.2 Å². The summed E-state index contributed by atoms with van der Waals surface area (Å²) in [7, 11) is 0. The van der Waals surface area contributed by atoms with Crippen molar-refractivity contribution in [2.24, 2.45) is 5.92 Å². The largest absolute Gasteiger partial charge is 0.325 e. The Labute approximate surface area is 123 Å². The fourth-order valence-corrected chi connectivity index (χ4v) is 3.57. The maximum atomic E-state index is 12.6. The molecule has 0 radical (unpaired) electrons. The molecule has 2 fully saturated rings. The number of fused-ring (bicyclic) bond motifs is 2. The third kappa shape index (κ3) is 1.62. The monoisotopic (exact) mass is 280 g/mol. The van der Waals surface area contributed by atoms with E-state index in [-0.39, 0.29) is 5.91 Å². The Morgan fingerprint density at radius 1 is 1.43 bits per heavy atom. The van der Waals surface area contributed by atoms with E-state index in [1.807, 2.05) is 29.2 Å². The van der Waals surface area contributed by atoms with Crippen LogP contribution in [0, 0.1) is 17.9 Å². The van der Waals surface area contributed by atoms with Gasteiger partial charge in [-0.05, 0) is 24.5 Å². The van der Waals surface area contributed by atoms with Crippen molar-refractivity contribution in [1.29, 1.82) is 5.41 Å². The highest BCUT2D eigenvalue weighted by Crippen LogP contribution is 2.47. The van der Waals surface area contributed by atoms with E-state index in [9.17, 15) is 4.79 Å². The molecule has 1 saturated carbocycles. The van der Waals surface area contributed by atoms with Crippen molar-refractivity contribution in [3.05, 3.63) is 41.2 Å². The van der Waals surface area contributed by atoms with Gasteiger partial charge >= 0.3 is 6.17 Å². The lowest BCUT2D eigenvalue weighted by Crippen LogP contribution is -2.40. The Bertz CT molecular complexity index is 688. The number of nitrogens with one attached hydrogen (secondary N) is 2. The summed E-state index contributed by atoms with van der Waals surface area (Å²) in [5.41, 5.74) is 1.17. The highest BCUT2D eigenvalue weighted by atomic mass is 16.2. The number of nitrogens with zero attached hydrogens (tertiary/aromatic N) is 2. The average molecular weight is 280 g/mol. The summed E-state index contributed by atoms with van der Waals surface area (Å²) < 4.78 is 0. The molecule has 1 saturated heterocycles. The summed E-state index contributed by atoms with van der Waals surface area (Å²) in [6, 6.07) is 7.72. The Morgan fingerprint density at radius 2 is 2.19 bits per heavy atom. The van der Waals surface area contributed by atoms with Crippen molar-refractivity contribution in [3.8, 4) is 0 Å². The van der Waals surface area contributed by atoms with E-state index in [1.165, 1.54) is 0 Å². The molecule has 1 amide bonds. The van der Waals surface area contributed by atoms with Crippen LogP contribution in [0.4, 0.5) is 5.69 Å². The first kappa shape index (κ1) is 12.4. The molecule has 0 bridgehead atoms. The molecule has 1 aromatic rings. The molecule has 2 heterocycles. The number of amidine groups is 1. The number of hydrogen-bond donors (Lipinski definition) is 2. The molecular weight excluding hydrogens is 264 g/mol. The van der Waals surface area contributed by atoms with Gasteiger partial charge in [-0.15, -0.1) is 0 Å². The van der Waals surface area contributed by atoms with Crippen LogP contribution in [-0.2, 0) is 10.2 Å². The van der Waals surface area contributed by atoms with Crippen LogP contribution in [0.3, 0.4) is 0 Å². The predicted octanol–water partition coefficient (Wildman–Crippen LogP) is 2.21. The van der Waals surface area contributed by atoms with Gasteiger partial charge in [-0.25, -0.2) is 6.57 Å². The predicted molar refractivity (Wildman–Crippen MR) is 78.9 cm³/mol. The van der Waals surface area contributed by atoms with Gasteiger partial charge in [0.2, 0.25) is 5.91 Å². The average Bonchev–Trinajstić information content (AvgIpc) is 3.22. The van der Waals surface area contributed by atoms with Crippen molar-refractivity contribution >= 4 is 17.4 Å². The van der Waals surface area contributed by atoms with Crippen molar-refractivity contribution in [2.45, 2.75) is 30.8 Å². The molecule has 2 N–H and O–H groups in total. The lowest BCUT2D eigenvalue weighted by Gasteiger charge is -2.22. The fraction of sp³-hybridized carbons (Fsp3) is 0.438. The van der Waals surface area contributed by atoms with E-state index in [4.69, 9.17) is 12.0 Å². The molecule has 1 spiro atoms. The standard InChI is InChI=1S/C16H16N4O/c1-18-13-8-16(9-20(13)14(17)10-6-7-10)11-4-2-3-5-12(11)19-15(16)21/h2-5,10,13,17H,6-9H2,(H,19,21)/t13-,16-/m0/s1. The molecule has 5 nitrogen and oxygen atoms in total. The van der Waals surface area contributed by atoms with E-state index in [0.29, 0.717) is 24.7 Å². The van der Waals surface area contributed by atoms with E-state index in [0.717, 1.165) is 24.1 Å². The zero-order valence-corrected chi connectivity index (χ0v) is 11.6. The SMILES string of the molecule is [C-]#[N+][C@@H]1C[C@@]2(CN1C(=N)C1CC1)C(=O)Nc1ccccc12. The minimum absolute atomic E-state index is 0.0246. The summed E-state index contributed by atoms with van der Waals surface area (Å²) in [4.78, 5) is 18.1. The number of rotatable bonds is 1. The number of anilines is 1. The highest BCUT2D eigenvalue weighted by Gasteiger charge is 2.58. The first-order chi connectivity index (χ1) is 10.2. The lowest BCUT2D eigenvalue weighted by atomic mass is 9.80. The summed E-state index contributed by atoms with van der Waals surface area (Å²) in [6.45, 7) is 7.89. The second-order valence-electron chi connectivity index (χ2n) is 6.18. The minimum atomic E-state index is -0.660. The molecule has 5 heteroatoms. The zero-order chi connectivity index (χ0) is 14.6. The normalized spacial score (nSPS) is 30.1. The molecule has 21 heavy (non-hydrogen) atoms. The van der Waals surface area contributed by atoms with Crippen LogP contribution in [0.1, 0.15) is 24.8 Å². The number of carbonyl (C=O) groups excluding carboxylic acids is 1. The maximum Gasteiger partial charge on any atom is 0.300 e. The van der Waals surface area contributed by atoms with E-state index < -0.39 is 11.6 Å². The van der Waals surface area contributed by atoms with Crippen LogP contribution >= 0.6 is 0 Å². The third-order valence-electron chi connectivity index (χ3n) is 4.88. The van der Waals surface area contributed by atoms with Crippen molar-refractivity contribution < 1.29 is 4.79 Å². The fourth-order valence-electron chi connectivity index (χ4n) is 3.57. The van der Waals surface area contributed by atoms with Crippen molar-refractivity contribution in [1.82, 2.24) is 4.90 Å². The smallest absolute Gasteiger partial charge is 0.300 e. The molecule has 2 atom stereocenters. The van der Waals surface area contributed by atoms with Crippen molar-refractivity contribution in [2.75, 3.05) is 11.9 Å². The molecule has 4 rings (SSSR count). The van der Waals surface area contributed by atoms with Gasteiger partial charge in [-0.2, -0.15) is 0 Å². The third-order valence-corrected chi connectivity index (χ3v) is 4.88. The number of hydrogen-bond acceptors (Lipinski definition) is 2. The molecule has 0 unspecified atom stereocenters. The highest BCUT2D eigenvalue weighted by molar-refractivity contribution is 6.07. The van der Waals surface area contributed by atoms with E-state index in [1.54, 1.807) is 0 Å².